The third-order valence-corrected chi connectivity index (χ3v) is 5.28. The molecule has 0 heterocycles. The van der Waals surface area contributed by atoms with E-state index < -0.39 is 52.6 Å². The third-order valence-electron chi connectivity index (χ3n) is 4.54. The fourth-order valence-electron chi connectivity index (χ4n) is 2.98. The largest absolute Gasteiger partial charge is 3.00 e. The molecule has 0 aliphatic heterocycles. The maximum Gasteiger partial charge on any atom is 3.00 e. The smallest absolute Gasteiger partial charge is 0.672 e. The van der Waals surface area contributed by atoms with Gasteiger partial charge in [0.15, 0.2) is 0 Å². The minimum Gasteiger partial charge on any atom is -0.672 e. The Morgan fingerprint density at radius 1 is 0.778 bits per heavy atom. The quantitative estimate of drug-likeness (QED) is 0.191. The molecule has 0 fully saturated rings. The van der Waals surface area contributed by atoms with Gasteiger partial charge in [-0.15, -0.1) is 12.1 Å². The number of rotatable bonds is 7. The number of nitrogens with one attached hydrogen (secondary N) is 1. The summed E-state index contributed by atoms with van der Waals surface area (Å²) in [6.07, 6.45) is -10.2. The van der Waals surface area contributed by atoms with Gasteiger partial charge in [-0.05, 0) is 18.2 Å². The molecule has 3 aromatic carbocycles. The van der Waals surface area contributed by atoms with Crippen LogP contribution in [0.15, 0.2) is 78.9 Å². The average Bonchev–Trinajstić information content (AvgIpc) is 2.77. The van der Waals surface area contributed by atoms with Gasteiger partial charge < -0.3 is 27.5 Å². The monoisotopic (exact) mass is 712 g/mol. The van der Waals surface area contributed by atoms with Crippen LogP contribution in [-0.2, 0) is 43.7 Å². The summed E-state index contributed by atoms with van der Waals surface area (Å²) in [4.78, 5) is 0. The zero-order valence-corrected chi connectivity index (χ0v) is 21.6. The summed E-state index contributed by atoms with van der Waals surface area (Å²) in [5.41, 5.74) is 6.31. The van der Waals surface area contributed by atoms with Crippen molar-refractivity contribution in [2.45, 2.75) is 24.4 Å². The van der Waals surface area contributed by atoms with Crippen LogP contribution in [0.4, 0.5) is 26.3 Å². The minimum absolute atomic E-state index is 0. The third kappa shape index (κ3) is 8.98. The Morgan fingerprint density at radius 2 is 1.19 bits per heavy atom. The summed E-state index contributed by atoms with van der Waals surface area (Å²) >= 11 is -2.70. The normalized spacial score (nSPS) is 13.8. The van der Waals surface area contributed by atoms with Gasteiger partial charge >= 0.3 is 32.5 Å². The van der Waals surface area contributed by atoms with Crippen LogP contribution in [0.2, 0.25) is 0 Å². The van der Waals surface area contributed by atoms with Crippen LogP contribution in [0.3, 0.4) is 0 Å². The molecule has 3 rings (SSSR count). The van der Waals surface area contributed by atoms with Crippen LogP contribution in [0.25, 0.3) is 10.5 Å². The molecule has 0 aliphatic rings. The Morgan fingerprint density at radius 3 is 1.61 bits per heavy atom. The first kappa shape index (κ1) is 33.7. The van der Waals surface area contributed by atoms with Crippen molar-refractivity contribution in [1.29, 1.82) is 0 Å². The Bertz CT molecular complexity index is 1070. The van der Waals surface area contributed by atoms with E-state index in [1.54, 1.807) is 60.7 Å². The van der Waals surface area contributed by atoms with Crippen molar-refractivity contribution >= 4 is 11.3 Å². The molecule has 13 heteroatoms. The Hall–Kier alpha value is -2.28. The first-order valence-electron chi connectivity index (χ1n) is 9.36. The molecule has 1 unspecified atom stereocenters. The Balaban J connectivity index is 0.00000408. The number of halogens is 6. The van der Waals surface area contributed by atoms with E-state index in [9.17, 15) is 30.6 Å². The van der Waals surface area contributed by atoms with Gasteiger partial charge in [0.1, 0.15) is 17.0 Å². The molecular weight excluding hydrogens is 691 g/mol. The molecule has 3 aromatic rings. The van der Waals surface area contributed by atoms with Crippen molar-refractivity contribution in [2.24, 2.45) is 0 Å². The van der Waals surface area contributed by atoms with Crippen molar-refractivity contribution in [2.75, 3.05) is 0 Å². The van der Waals surface area contributed by atoms with Crippen LogP contribution in [-0.4, -0.2) is 9.69 Å². The molecular formula is C23H21F6IrN2O3S. The van der Waals surface area contributed by atoms with Crippen LogP contribution in [0, 0.1) is 7.43 Å². The number of benzene rings is 3. The molecule has 0 radical (unpaired) electrons. The van der Waals surface area contributed by atoms with E-state index in [0.29, 0.717) is 23.3 Å². The Kier molecular flexibility index (Phi) is 13.0. The fourth-order valence-corrected chi connectivity index (χ4v) is 3.71. The van der Waals surface area contributed by atoms with Gasteiger partial charge in [-0.2, -0.15) is 26.3 Å². The van der Waals surface area contributed by atoms with Crippen LogP contribution < -0.4 is 4.18 Å². The van der Waals surface area contributed by atoms with E-state index in [0.717, 1.165) is 0 Å². The van der Waals surface area contributed by atoms with Gasteiger partial charge in [-0.3, -0.25) is 0 Å². The summed E-state index contributed by atoms with van der Waals surface area (Å²) in [5.74, 6) is -0.910. The summed E-state index contributed by atoms with van der Waals surface area (Å²) in [5, 5.41) is 0. The average molecular weight is 712 g/mol. The second-order valence-electron chi connectivity index (χ2n) is 6.89. The van der Waals surface area contributed by atoms with Crippen LogP contribution >= 0.6 is 0 Å². The van der Waals surface area contributed by atoms with Crippen LogP contribution in [0.1, 0.15) is 34.3 Å². The molecule has 0 aliphatic carbocycles. The number of hydrogen-bond donors (Lipinski definition) is 0. The molecule has 5 nitrogen and oxygen atoms in total. The molecule has 0 aromatic heterocycles. The number of alkyl halides is 6. The van der Waals surface area contributed by atoms with Gasteiger partial charge in [-0.25, -0.2) is 4.21 Å². The molecule has 198 valence electrons. The molecule has 0 bridgehead atoms. The predicted octanol–water partition coefficient (Wildman–Crippen LogP) is 7.21. The predicted molar refractivity (Wildman–Crippen MR) is 121 cm³/mol. The maximum atomic E-state index is 13.1. The van der Waals surface area contributed by atoms with Crippen molar-refractivity contribution in [3.8, 4) is 5.75 Å². The van der Waals surface area contributed by atoms with E-state index in [-0.39, 0.29) is 39.1 Å². The summed E-state index contributed by atoms with van der Waals surface area (Å²) in [7, 11) is 0. The first-order valence-corrected chi connectivity index (χ1v) is 10.4. The molecule has 0 saturated heterocycles. The molecule has 0 saturated carbocycles. The van der Waals surface area contributed by atoms with Gasteiger partial charge in [0.2, 0.25) is 0 Å². The minimum atomic E-state index is -5.08. The van der Waals surface area contributed by atoms with Gasteiger partial charge in [0.25, 0.3) is 0 Å². The van der Waals surface area contributed by atoms with Crippen LogP contribution in [0.5, 0.6) is 5.75 Å². The topological polar surface area (TPSA) is 95.7 Å². The molecule has 3 atom stereocenters. The molecule has 36 heavy (non-hydrogen) atoms. The Labute approximate surface area is 220 Å². The summed E-state index contributed by atoms with van der Waals surface area (Å²) in [6, 6.07) is 15.1. The number of hydrogen-bond acceptors (Lipinski definition) is 2. The zero-order valence-electron chi connectivity index (χ0n) is 18.4. The van der Waals surface area contributed by atoms with E-state index in [1.807, 2.05) is 0 Å². The SMILES string of the molecule is O.[CH3-].[Ir+3].[NH-][C@@H](c1ccccc1)[C@@H]([N-]S(=O)Oc1cc(C(F)(F)F)cc(C(F)(F)F)c1)c1ccccc1. The number of nitrogens with zero attached hydrogens (tertiary/aromatic N) is 1. The first-order chi connectivity index (χ1) is 15.4. The van der Waals surface area contributed by atoms with E-state index >= 15 is 0 Å². The second kappa shape index (κ2) is 13.9. The van der Waals surface area contributed by atoms with Gasteiger partial charge in [0.05, 0.1) is 11.1 Å². The molecule has 0 amide bonds. The van der Waals surface area contributed by atoms with E-state index in [4.69, 9.17) is 9.92 Å². The van der Waals surface area contributed by atoms with Gasteiger partial charge in [-0.1, -0.05) is 71.8 Å². The summed E-state index contributed by atoms with van der Waals surface area (Å²) in [6.45, 7) is 0. The maximum absolute atomic E-state index is 13.1. The van der Waals surface area contributed by atoms with Gasteiger partial charge in [0, 0.05) is 0 Å². The zero-order chi connectivity index (χ0) is 24.2. The standard InChI is InChI=1S/C22H16F6N2O2S.CH3.Ir.H2O/c23-21(24,25)16-11-17(22(26,27)28)13-18(12-16)32-33(31)30-20(15-9-5-2-6-10-15)19(29)14-7-3-1-4-8-14;;;/h1-13,19-20,29H;1H3;;1H2/q-2;-1;+3;/t19-,20-,33?;;;/m0.../s1. The second-order valence-corrected chi connectivity index (χ2v) is 7.70. The van der Waals surface area contributed by atoms with Crippen molar-refractivity contribution < 1.29 is 60.3 Å². The van der Waals surface area contributed by atoms with Crippen molar-refractivity contribution in [3.63, 3.8) is 0 Å². The van der Waals surface area contributed by atoms with Crippen molar-refractivity contribution in [1.82, 2.24) is 0 Å². The fraction of sp³-hybridized carbons (Fsp3) is 0.174. The van der Waals surface area contributed by atoms with E-state index in [1.165, 1.54) is 0 Å². The molecule has 3 N–H and O–H groups in total. The summed E-state index contributed by atoms with van der Waals surface area (Å²) < 4.78 is 99.6. The van der Waals surface area contributed by atoms with E-state index in [2.05, 4.69) is 4.72 Å². The molecule has 0 spiro atoms. The van der Waals surface area contributed by atoms with Crippen molar-refractivity contribution in [3.05, 3.63) is 119 Å².